The molecule has 0 fully saturated rings. The molecule has 0 aliphatic rings. The number of furan rings is 1. The molecule has 7 heteroatoms. The van der Waals surface area contributed by atoms with Crippen molar-refractivity contribution in [3.05, 3.63) is 45.7 Å². The molecule has 2 rings (SSSR count). The zero-order chi connectivity index (χ0) is 18.9. The average molecular weight is 346 g/mol. The first kappa shape index (κ1) is 18.5. The number of nitrogens with zero attached hydrogens (tertiary/aromatic N) is 1. The number of aryl methyl sites for hydroxylation is 2. The van der Waals surface area contributed by atoms with Gasteiger partial charge in [0, 0.05) is 18.3 Å². The van der Waals surface area contributed by atoms with E-state index in [4.69, 9.17) is 9.52 Å². The lowest BCUT2D eigenvalue weighted by atomic mass is 10.0. The molecule has 0 bridgehead atoms. The van der Waals surface area contributed by atoms with E-state index in [0.29, 0.717) is 40.5 Å². The summed E-state index contributed by atoms with van der Waals surface area (Å²) in [4.78, 5) is 40.1. The molecule has 0 unspecified atom stereocenters. The number of aromatic carboxylic acids is 1. The van der Waals surface area contributed by atoms with Gasteiger partial charge in [-0.25, -0.2) is 4.79 Å². The van der Waals surface area contributed by atoms with Gasteiger partial charge in [0.1, 0.15) is 22.8 Å². The number of aromatic nitrogens is 1. The highest BCUT2D eigenvalue weighted by atomic mass is 16.4. The minimum absolute atomic E-state index is 0.0830. The normalized spacial score (nSPS) is 10.8. The number of aromatic amines is 1. The van der Waals surface area contributed by atoms with Crippen LogP contribution in [0.4, 0.5) is 0 Å². The molecule has 0 aliphatic heterocycles. The highest BCUT2D eigenvalue weighted by Gasteiger charge is 2.24. The first-order chi connectivity index (χ1) is 11.7. The fourth-order valence-electron chi connectivity index (χ4n) is 3.02. The van der Waals surface area contributed by atoms with E-state index in [1.54, 1.807) is 20.9 Å². The SMILES string of the molecule is CCc1c(C(=O)N(C)Cc2cc(C(=O)O)c(C)o2)[nH]c(C)c1C(C)=O. The number of carbonyl (C=O) groups is 3. The van der Waals surface area contributed by atoms with E-state index >= 15 is 0 Å². The lowest BCUT2D eigenvalue weighted by Gasteiger charge is -2.16. The first-order valence-corrected chi connectivity index (χ1v) is 7.97. The molecule has 0 aromatic carbocycles. The second-order valence-electron chi connectivity index (χ2n) is 6.04. The number of carbonyl (C=O) groups excluding carboxylic acids is 2. The van der Waals surface area contributed by atoms with Gasteiger partial charge in [-0.1, -0.05) is 6.92 Å². The van der Waals surface area contributed by atoms with Crippen molar-refractivity contribution in [2.75, 3.05) is 7.05 Å². The van der Waals surface area contributed by atoms with E-state index < -0.39 is 5.97 Å². The van der Waals surface area contributed by atoms with Gasteiger partial charge in [0.2, 0.25) is 0 Å². The van der Waals surface area contributed by atoms with Crippen LogP contribution in [0.25, 0.3) is 0 Å². The summed E-state index contributed by atoms with van der Waals surface area (Å²) in [5.41, 5.74) is 2.39. The number of H-pyrrole nitrogens is 1. The van der Waals surface area contributed by atoms with E-state index in [0.717, 1.165) is 0 Å². The standard InChI is InChI=1S/C18H22N2O5/c1-6-13-15(10(3)21)9(2)19-16(13)17(22)20(5)8-12-7-14(18(23)24)11(4)25-12/h7,19H,6,8H2,1-5H3,(H,23,24). The molecule has 2 aromatic heterocycles. The number of hydrogen-bond donors (Lipinski definition) is 2. The van der Waals surface area contributed by atoms with Crippen LogP contribution in [0.5, 0.6) is 0 Å². The molecule has 1 amide bonds. The van der Waals surface area contributed by atoms with Crippen LogP contribution in [0.1, 0.15) is 67.8 Å². The van der Waals surface area contributed by atoms with Crippen LogP contribution in [-0.4, -0.2) is 39.7 Å². The zero-order valence-corrected chi connectivity index (χ0v) is 15.0. The molecule has 0 radical (unpaired) electrons. The molecule has 0 spiro atoms. The van der Waals surface area contributed by atoms with Crippen molar-refractivity contribution in [2.45, 2.75) is 40.7 Å². The number of nitrogens with one attached hydrogen (secondary N) is 1. The van der Waals surface area contributed by atoms with E-state index in [9.17, 15) is 14.4 Å². The number of rotatable bonds is 6. The predicted molar refractivity (Wildman–Crippen MR) is 91.1 cm³/mol. The summed E-state index contributed by atoms with van der Waals surface area (Å²) >= 11 is 0. The Kier molecular flexibility index (Phi) is 5.15. The van der Waals surface area contributed by atoms with Crippen molar-refractivity contribution >= 4 is 17.7 Å². The van der Waals surface area contributed by atoms with E-state index in [2.05, 4.69) is 4.98 Å². The summed E-state index contributed by atoms with van der Waals surface area (Å²) in [5, 5.41) is 9.08. The molecular formula is C18H22N2O5. The summed E-state index contributed by atoms with van der Waals surface area (Å²) in [6.45, 7) is 6.83. The Bertz CT molecular complexity index is 844. The Morgan fingerprint density at radius 1 is 1.28 bits per heavy atom. The van der Waals surface area contributed by atoms with E-state index in [1.165, 1.54) is 17.9 Å². The molecule has 2 heterocycles. The van der Waals surface area contributed by atoms with Crippen LogP contribution in [0.2, 0.25) is 0 Å². The topological polar surface area (TPSA) is 104 Å². The highest BCUT2D eigenvalue weighted by molar-refractivity contribution is 6.02. The van der Waals surface area contributed by atoms with Crippen molar-refractivity contribution < 1.29 is 23.9 Å². The van der Waals surface area contributed by atoms with Crippen molar-refractivity contribution in [3.8, 4) is 0 Å². The van der Waals surface area contributed by atoms with Gasteiger partial charge in [-0.05, 0) is 38.8 Å². The van der Waals surface area contributed by atoms with Gasteiger partial charge in [0.15, 0.2) is 5.78 Å². The summed E-state index contributed by atoms with van der Waals surface area (Å²) in [6.07, 6.45) is 0.553. The molecule has 2 aromatic rings. The summed E-state index contributed by atoms with van der Waals surface area (Å²) in [7, 11) is 1.60. The second kappa shape index (κ2) is 6.96. The van der Waals surface area contributed by atoms with Crippen molar-refractivity contribution in [1.82, 2.24) is 9.88 Å². The Morgan fingerprint density at radius 3 is 2.40 bits per heavy atom. The maximum absolute atomic E-state index is 12.8. The average Bonchev–Trinajstić information content (AvgIpc) is 3.05. The minimum Gasteiger partial charge on any atom is -0.478 e. The third-order valence-electron chi connectivity index (χ3n) is 4.15. The maximum Gasteiger partial charge on any atom is 0.339 e. The number of hydrogen-bond acceptors (Lipinski definition) is 4. The quantitative estimate of drug-likeness (QED) is 0.783. The van der Waals surface area contributed by atoms with Gasteiger partial charge in [-0.15, -0.1) is 0 Å². The third kappa shape index (κ3) is 3.50. The van der Waals surface area contributed by atoms with Gasteiger partial charge in [0.05, 0.1) is 6.54 Å². The Labute approximate surface area is 145 Å². The Morgan fingerprint density at radius 2 is 1.92 bits per heavy atom. The van der Waals surface area contributed by atoms with Crippen LogP contribution in [0.15, 0.2) is 10.5 Å². The molecule has 0 saturated heterocycles. The zero-order valence-electron chi connectivity index (χ0n) is 15.0. The smallest absolute Gasteiger partial charge is 0.339 e. The highest BCUT2D eigenvalue weighted by Crippen LogP contribution is 2.23. The fraction of sp³-hybridized carbons (Fsp3) is 0.389. The van der Waals surface area contributed by atoms with Crippen molar-refractivity contribution in [3.63, 3.8) is 0 Å². The molecule has 134 valence electrons. The number of ketones is 1. The number of carboxylic acids is 1. The second-order valence-corrected chi connectivity index (χ2v) is 6.04. The predicted octanol–water partition coefficient (Wildman–Crippen LogP) is 2.96. The molecular weight excluding hydrogens is 324 g/mol. The minimum atomic E-state index is -1.07. The Hall–Kier alpha value is -2.83. The maximum atomic E-state index is 12.8. The Balaban J connectivity index is 2.29. The molecule has 0 atom stereocenters. The molecule has 0 saturated carbocycles. The summed E-state index contributed by atoms with van der Waals surface area (Å²) in [5.74, 6) is -0.745. The van der Waals surface area contributed by atoms with Crippen LogP contribution in [0.3, 0.4) is 0 Å². The lowest BCUT2D eigenvalue weighted by molar-refractivity contribution is 0.0693. The molecule has 7 nitrogen and oxygen atoms in total. The van der Waals surface area contributed by atoms with Crippen LogP contribution >= 0.6 is 0 Å². The van der Waals surface area contributed by atoms with Gasteiger partial charge < -0.3 is 19.4 Å². The van der Waals surface area contributed by atoms with Crippen molar-refractivity contribution in [1.29, 1.82) is 0 Å². The van der Waals surface area contributed by atoms with Crippen molar-refractivity contribution in [2.24, 2.45) is 0 Å². The summed E-state index contributed by atoms with van der Waals surface area (Å²) < 4.78 is 5.42. The van der Waals surface area contributed by atoms with E-state index in [1.807, 2.05) is 6.92 Å². The first-order valence-electron chi connectivity index (χ1n) is 7.97. The molecule has 25 heavy (non-hydrogen) atoms. The monoisotopic (exact) mass is 346 g/mol. The van der Waals surface area contributed by atoms with Gasteiger partial charge >= 0.3 is 5.97 Å². The largest absolute Gasteiger partial charge is 0.478 e. The molecule has 2 N–H and O–H groups in total. The van der Waals surface area contributed by atoms with Crippen LogP contribution in [0, 0.1) is 13.8 Å². The number of amides is 1. The number of Topliss-reactive ketones (excluding diaryl/α,β-unsaturated/α-hetero) is 1. The third-order valence-corrected chi connectivity index (χ3v) is 4.15. The number of carboxylic acid groups (broad SMARTS) is 1. The molecule has 0 aliphatic carbocycles. The van der Waals surface area contributed by atoms with Crippen LogP contribution in [-0.2, 0) is 13.0 Å². The van der Waals surface area contributed by atoms with Gasteiger partial charge in [-0.3, -0.25) is 9.59 Å². The lowest BCUT2D eigenvalue weighted by Crippen LogP contribution is -2.27. The van der Waals surface area contributed by atoms with Gasteiger partial charge in [-0.2, -0.15) is 0 Å². The van der Waals surface area contributed by atoms with Crippen LogP contribution < -0.4 is 0 Å². The fourth-order valence-corrected chi connectivity index (χ4v) is 3.02. The summed E-state index contributed by atoms with van der Waals surface area (Å²) in [6, 6.07) is 1.42. The van der Waals surface area contributed by atoms with Gasteiger partial charge in [0.25, 0.3) is 5.91 Å². The van der Waals surface area contributed by atoms with E-state index in [-0.39, 0.29) is 23.8 Å².